The fourth-order valence-electron chi connectivity index (χ4n) is 4.64. The number of ketones is 1. The predicted octanol–water partition coefficient (Wildman–Crippen LogP) is 6.88. The molecule has 1 N–H and O–H groups in total. The van der Waals surface area contributed by atoms with Gasteiger partial charge < -0.3 is 5.32 Å². The van der Waals surface area contributed by atoms with Crippen molar-refractivity contribution < 1.29 is 9.18 Å². The van der Waals surface area contributed by atoms with Gasteiger partial charge in [-0.1, -0.05) is 52.8 Å². The fourth-order valence-corrected chi connectivity index (χ4v) is 4.64. The first-order valence-electron chi connectivity index (χ1n) is 11.6. The molecule has 0 aromatic heterocycles. The normalized spacial score (nSPS) is 23.3. The van der Waals surface area contributed by atoms with Crippen LogP contribution < -0.4 is 5.32 Å². The van der Waals surface area contributed by atoms with Crippen molar-refractivity contribution in [3.05, 3.63) is 70.2 Å². The molecule has 1 aliphatic heterocycles. The van der Waals surface area contributed by atoms with Crippen LogP contribution in [0.1, 0.15) is 77.3 Å². The number of allylic oxidation sites excluding steroid dienone is 4. The number of halogens is 1. The highest BCUT2D eigenvalue weighted by Gasteiger charge is 2.40. The van der Waals surface area contributed by atoms with Gasteiger partial charge in [-0.2, -0.15) is 0 Å². The maximum absolute atomic E-state index is 14.5. The van der Waals surface area contributed by atoms with Crippen LogP contribution in [0.4, 0.5) is 4.39 Å². The Morgan fingerprint density at radius 1 is 1.26 bits per heavy atom. The highest BCUT2D eigenvalue weighted by molar-refractivity contribution is 5.98. The average Bonchev–Trinajstić information content (AvgIpc) is 3.45. The SMILES string of the molecule is C.CC/C(=C\C1=CC=C(C2CC2Cc2ccc(C(C)C)cc2F)CN1)C(=O)C1CCC1. The Bertz CT molecular complexity index is 904. The van der Waals surface area contributed by atoms with Crippen LogP contribution in [0, 0.1) is 23.6 Å². The van der Waals surface area contributed by atoms with Gasteiger partial charge in [0, 0.05) is 18.2 Å². The summed E-state index contributed by atoms with van der Waals surface area (Å²) in [5.41, 5.74) is 5.30. The summed E-state index contributed by atoms with van der Waals surface area (Å²) in [5, 5.41) is 3.49. The van der Waals surface area contributed by atoms with Crippen molar-refractivity contribution in [1.82, 2.24) is 5.32 Å². The van der Waals surface area contributed by atoms with Crippen LogP contribution >= 0.6 is 0 Å². The number of carbonyl (C=O) groups is 1. The molecule has 0 radical (unpaired) electrons. The van der Waals surface area contributed by atoms with E-state index in [1.54, 1.807) is 6.07 Å². The number of hydrogen-bond donors (Lipinski definition) is 1. The molecule has 1 aromatic rings. The Morgan fingerprint density at radius 2 is 2.03 bits per heavy atom. The van der Waals surface area contributed by atoms with Gasteiger partial charge in [-0.05, 0) is 90.3 Å². The first-order valence-corrected chi connectivity index (χ1v) is 11.6. The van der Waals surface area contributed by atoms with Crippen LogP contribution in [0.2, 0.25) is 0 Å². The molecule has 0 saturated heterocycles. The highest BCUT2D eigenvalue weighted by atomic mass is 19.1. The van der Waals surface area contributed by atoms with Crippen molar-refractivity contribution in [2.45, 2.75) is 72.6 Å². The summed E-state index contributed by atoms with van der Waals surface area (Å²) >= 11 is 0. The molecule has 2 atom stereocenters. The van der Waals surface area contributed by atoms with Gasteiger partial charge in [-0.3, -0.25) is 4.79 Å². The van der Waals surface area contributed by atoms with Crippen molar-refractivity contribution in [3.8, 4) is 0 Å². The summed E-state index contributed by atoms with van der Waals surface area (Å²) < 4.78 is 14.5. The summed E-state index contributed by atoms with van der Waals surface area (Å²) in [6.07, 6.45) is 12.4. The van der Waals surface area contributed by atoms with Crippen LogP contribution in [0.5, 0.6) is 0 Å². The molecule has 4 rings (SSSR count). The van der Waals surface area contributed by atoms with Crippen LogP contribution in [-0.4, -0.2) is 12.3 Å². The molecule has 168 valence electrons. The second-order valence-corrected chi connectivity index (χ2v) is 9.54. The van der Waals surface area contributed by atoms with Crippen LogP contribution in [0.3, 0.4) is 0 Å². The lowest BCUT2D eigenvalue weighted by Gasteiger charge is -2.25. The molecule has 2 nitrogen and oxygen atoms in total. The zero-order valence-electron chi connectivity index (χ0n) is 18.5. The third-order valence-electron chi connectivity index (χ3n) is 7.10. The molecule has 1 heterocycles. The molecule has 2 aliphatic carbocycles. The molecule has 3 heteroatoms. The van der Waals surface area contributed by atoms with E-state index in [9.17, 15) is 9.18 Å². The average molecular weight is 424 g/mol. The first kappa shape index (κ1) is 23.5. The third-order valence-corrected chi connectivity index (χ3v) is 7.10. The maximum Gasteiger partial charge on any atom is 0.161 e. The first-order chi connectivity index (χ1) is 14.5. The van der Waals surface area contributed by atoms with Crippen molar-refractivity contribution in [2.24, 2.45) is 17.8 Å². The van der Waals surface area contributed by atoms with E-state index >= 15 is 0 Å². The van der Waals surface area contributed by atoms with Crippen molar-refractivity contribution >= 4 is 5.78 Å². The summed E-state index contributed by atoms with van der Waals surface area (Å²) in [6.45, 7) is 7.08. The lowest BCUT2D eigenvalue weighted by atomic mass is 9.79. The number of carbonyl (C=O) groups excluding carboxylic acids is 1. The van der Waals surface area contributed by atoms with E-state index in [2.05, 4.69) is 44.3 Å². The second-order valence-electron chi connectivity index (χ2n) is 9.54. The van der Waals surface area contributed by atoms with Gasteiger partial charge in [0.2, 0.25) is 0 Å². The summed E-state index contributed by atoms with van der Waals surface area (Å²) in [6, 6.07) is 5.75. The largest absolute Gasteiger partial charge is 0.381 e. The summed E-state index contributed by atoms with van der Waals surface area (Å²) in [5.74, 6) is 1.98. The molecular formula is C28H38FNO. The molecule has 2 saturated carbocycles. The summed E-state index contributed by atoms with van der Waals surface area (Å²) in [7, 11) is 0. The minimum Gasteiger partial charge on any atom is -0.381 e. The lowest BCUT2D eigenvalue weighted by molar-refractivity contribution is -0.121. The van der Waals surface area contributed by atoms with E-state index in [4.69, 9.17) is 0 Å². The quantitative estimate of drug-likeness (QED) is 0.462. The fraction of sp³-hybridized carbons (Fsp3) is 0.536. The number of Topliss-reactive ketones (excluding diaryl/α,β-unsaturated/α-hetero) is 1. The third kappa shape index (κ3) is 5.37. The smallest absolute Gasteiger partial charge is 0.161 e. The number of rotatable bonds is 8. The van der Waals surface area contributed by atoms with Gasteiger partial charge in [0.1, 0.15) is 5.82 Å². The molecule has 2 unspecified atom stereocenters. The number of dihydropyridines is 1. The van der Waals surface area contributed by atoms with E-state index in [-0.39, 0.29) is 19.2 Å². The molecule has 3 aliphatic rings. The zero-order valence-corrected chi connectivity index (χ0v) is 18.5. The van der Waals surface area contributed by atoms with Gasteiger partial charge in [0.05, 0.1) is 0 Å². The molecular weight excluding hydrogens is 385 g/mol. The van der Waals surface area contributed by atoms with E-state index < -0.39 is 0 Å². The van der Waals surface area contributed by atoms with E-state index in [1.165, 1.54) is 12.0 Å². The number of benzene rings is 1. The molecule has 31 heavy (non-hydrogen) atoms. The van der Waals surface area contributed by atoms with Crippen molar-refractivity contribution in [3.63, 3.8) is 0 Å². The maximum atomic E-state index is 14.5. The van der Waals surface area contributed by atoms with E-state index in [0.717, 1.165) is 61.0 Å². The molecule has 1 aromatic carbocycles. The summed E-state index contributed by atoms with van der Waals surface area (Å²) in [4.78, 5) is 12.5. The van der Waals surface area contributed by atoms with Crippen LogP contribution in [0.25, 0.3) is 0 Å². The Kier molecular flexibility index (Phi) is 7.56. The van der Waals surface area contributed by atoms with Gasteiger partial charge >= 0.3 is 0 Å². The second kappa shape index (κ2) is 9.97. The molecule has 0 amide bonds. The van der Waals surface area contributed by atoms with Gasteiger partial charge in [-0.15, -0.1) is 0 Å². The van der Waals surface area contributed by atoms with E-state index in [0.29, 0.717) is 23.5 Å². The number of hydrogen-bond acceptors (Lipinski definition) is 2. The monoisotopic (exact) mass is 423 g/mol. The van der Waals surface area contributed by atoms with Gasteiger partial charge in [0.15, 0.2) is 5.78 Å². The Labute approximate surface area is 187 Å². The van der Waals surface area contributed by atoms with Crippen LogP contribution in [0.15, 0.2) is 53.3 Å². The minimum absolute atomic E-state index is 0. The Hall–Kier alpha value is -2.16. The van der Waals surface area contributed by atoms with Gasteiger partial charge in [0.25, 0.3) is 0 Å². The zero-order chi connectivity index (χ0) is 21.3. The highest BCUT2D eigenvalue weighted by Crippen LogP contribution is 2.47. The lowest BCUT2D eigenvalue weighted by Crippen LogP contribution is -2.25. The minimum atomic E-state index is -0.0573. The molecule has 2 fully saturated rings. The standard InChI is InChI=1S/C27H34FNO.CH4/c1-4-18(27(30)19-6-5-7-19)13-24-11-10-22(16-29-24)25-14-23(25)12-21-9-8-20(17(2)3)15-26(21)28;/h8-11,13,15,17,19,23,25,29H,4-7,12,14,16H2,1-3H3;1H4/b18-13+;. The van der Waals surface area contributed by atoms with Crippen molar-refractivity contribution in [2.75, 3.05) is 6.54 Å². The van der Waals surface area contributed by atoms with E-state index in [1.807, 2.05) is 12.1 Å². The van der Waals surface area contributed by atoms with Gasteiger partial charge in [-0.25, -0.2) is 4.39 Å². The molecule has 0 spiro atoms. The number of nitrogens with one attached hydrogen (secondary N) is 1. The predicted molar refractivity (Wildman–Crippen MR) is 127 cm³/mol. The van der Waals surface area contributed by atoms with Crippen molar-refractivity contribution in [1.29, 1.82) is 0 Å². The molecule has 0 bridgehead atoms. The topological polar surface area (TPSA) is 29.1 Å². The van der Waals surface area contributed by atoms with Crippen LogP contribution in [-0.2, 0) is 11.2 Å². The Balaban J connectivity index is 0.00000272. The Morgan fingerprint density at radius 3 is 2.58 bits per heavy atom.